The topological polar surface area (TPSA) is 257 Å². The van der Waals surface area contributed by atoms with Crippen molar-refractivity contribution in [3.05, 3.63) is 54.4 Å². The maximum Gasteiger partial charge on any atom is 0.295 e. The Labute approximate surface area is 338 Å². The molecule has 2 aromatic rings. The van der Waals surface area contributed by atoms with Crippen molar-refractivity contribution in [3.8, 4) is 0 Å². The molecule has 318 valence electrons. The molecule has 5 atom stereocenters. The predicted molar refractivity (Wildman–Crippen MR) is 209 cm³/mol. The third-order valence-electron chi connectivity index (χ3n) is 10.0. The molecule has 6 N–H and O–H groups in total. The van der Waals surface area contributed by atoms with Gasteiger partial charge in [-0.15, -0.1) is 0 Å². The van der Waals surface area contributed by atoms with Gasteiger partial charge in [0, 0.05) is 12.4 Å². The van der Waals surface area contributed by atoms with E-state index in [4.69, 9.17) is 5.73 Å². The Morgan fingerprint density at radius 3 is 2.10 bits per heavy atom. The number of sulfonamides is 1. The summed E-state index contributed by atoms with van der Waals surface area (Å²) in [4.78, 5) is 101. The van der Waals surface area contributed by atoms with Crippen LogP contribution in [0.2, 0.25) is 0 Å². The molecule has 1 aromatic heterocycles. The van der Waals surface area contributed by atoms with Gasteiger partial charge in [0.2, 0.25) is 23.5 Å². The van der Waals surface area contributed by atoms with Crippen LogP contribution in [0, 0.1) is 23.6 Å². The van der Waals surface area contributed by atoms with Gasteiger partial charge in [0.25, 0.3) is 27.7 Å². The molecule has 0 saturated heterocycles. The van der Waals surface area contributed by atoms with Crippen molar-refractivity contribution in [3.63, 3.8) is 0 Å². The highest BCUT2D eigenvalue weighted by molar-refractivity contribution is 7.89. The fourth-order valence-corrected chi connectivity index (χ4v) is 7.83. The SMILES string of the molecule is CCC(N)C(=O)C(=O)NC(=O)CN(C(=O)[C@H](CC1CCCCC1)NC(=O)[C@@H](NC(=O)[C@H](CC(C)C)NC(=O)c1cnccn1)[C@@H](C)CC)S(=O)(=O)c1ccc(F)cc1. The van der Waals surface area contributed by atoms with E-state index < -0.39 is 98.6 Å². The molecule has 1 heterocycles. The lowest BCUT2D eigenvalue weighted by Crippen LogP contribution is -2.60. The summed E-state index contributed by atoms with van der Waals surface area (Å²) in [6.45, 7) is 7.40. The van der Waals surface area contributed by atoms with Crippen LogP contribution in [0.3, 0.4) is 0 Å². The summed E-state index contributed by atoms with van der Waals surface area (Å²) in [6.07, 6.45) is 8.43. The molecule has 0 aliphatic heterocycles. The zero-order chi connectivity index (χ0) is 43.2. The quantitative estimate of drug-likeness (QED) is 0.120. The molecule has 1 aliphatic carbocycles. The zero-order valence-electron chi connectivity index (χ0n) is 33.5. The van der Waals surface area contributed by atoms with Crippen LogP contribution in [0.5, 0.6) is 0 Å². The maximum absolute atomic E-state index is 14.6. The van der Waals surface area contributed by atoms with Gasteiger partial charge in [-0.25, -0.2) is 22.1 Å². The van der Waals surface area contributed by atoms with Gasteiger partial charge in [-0.05, 0) is 61.3 Å². The van der Waals surface area contributed by atoms with Gasteiger partial charge in [-0.1, -0.05) is 73.1 Å². The van der Waals surface area contributed by atoms with Crippen LogP contribution in [-0.2, 0) is 38.8 Å². The number of rotatable bonds is 20. The number of imide groups is 1. The van der Waals surface area contributed by atoms with Gasteiger partial charge in [-0.2, -0.15) is 0 Å². The number of ketones is 1. The number of hydrogen-bond donors (Lipinski definition) is 5. The lowest BCUT2D eigenvalue weighted by molar-refractivity contribution is -0.142. The van der Waals surface area contributed by atoms with Crippen molar-refractivity contribution in [2.45, 2.75) is 121 Å². The molecule has 19 heteroatoms. The van der Waals surface area contributed by atoms with Gasteiger partial charge in [-0.3, -0.25) is 43.9 Å². The number of nitrogens with two attached hydrogens (primary N) is 1. The largest absolute Gasteiger partial charge is 0.342 e. The van der Waals surface area contributed by atoms with Gasteiger partial charge < -0.3 is 21.7 Å². The van der Waals surface area contributed by atoms with Crippen molar-refractivity contribution in [1.29, 1.82) is 0 Å². The van der Waals surface area contributed by atoms with E-state index in [0.717, 1.165) is 43.5 Å². The second-order valence-corrected chi connectivity index (χ2v) is 16.8. The second kappa shape index (κ2) is 22.1. The number of hydrogen-bond acceptors (Lipinski definition) is 12. The van der Waals surface area contributed by atoms with Crippen LogP contribution < -0.4 is 27.0 Å². The van der Waals surface area contributed by atoms with E-state index in [1.807, 2.05) is 13.8 Å². The third kappa shape index (κ3) is 13.5. The minimum atomic E-state index is -4.96. The number of nitrogens with one attached hydrogen (secondary N) is 4. The predicted octanol–water partition coefficient (Wildman–Crippen LogP) is 1.91. The van der Waals surface area contributed by atoms with Crippen molar-refractivity contribution in [2.24, 2.45) is 23.5 Å². The molecule has 1 aliphatic rings. The Morgan fingerprint density at radius 2 is 1.53 bits per heavy atom. The van der Waals surface area contributed by atoms with Crippen molar-refractivity contribution < 1.29 is 46.4 Å². The Balaban J connectivity index is 2.01. The van der Waals surface area contributed by atoms with E-state index in [2.05, 4.69) is 25.9 Å². The lowest BCUT2D eigenvalue weighted by atomic mass is 9.84. The highest BCUT2D eigenvalue weighted by atomic mass is 32.2. The summed E-state index contributed by atoms with van der Waals surface area (Å²) in [5.74, 6) is -8.86. The average molecular weight is 831 g/mol. The number of benzene rings is 1. The number of carbonyl (C=O) groups is 7. The molecule has 0 spiro atoms. The summed E-state index contributed by atoms with van der Waals surface area (Å²) < 4.78 is 42.2. The smallest absolute Gasteiger partial charge is 0.295 e. The normalized spacial score (nSPS) is 15.9. The van der Waals surface area contributed by atoms with Crippen LogP contribution in [0.15, 0.2) is 47.8 Å². The van der Waals surface area contributed by atoms with Gasteiger partial charge in [0.05, 0.1) is 17.1 Å². The number of carbonyl (C=O) groups excluding carboxylic acids is 7. The minimum absolute atomic E-state index is 0.0290. The summed E-state index contributed by atoms with van der Waals surface area (Å²) in [6, 6.07) is -1.74. The van der Waals surface area contributed by atoms with Crippen molar-refractivity contribution >= 4 is 51.2 Å². The minimum Gasteiger partial charge on any atom is -0.342 e. The first kappa shape index (κ1) is 47.2. The van der Waals surface area contributed by atoms with E-state index in [1.165, 1.54) is 25.5 Å². The van der Waals surface area contributed by atoms with Crippen LogP contribution >= 0.6 is 0 Å². The first-order chi connectivity index (χ1) is 27.4. The highest BCUT2D eigenvalue weighted by Crippen LogP contribution is 2.29. The van der Waals surface area contributed by atoms with E-state index in [0.29, 0.717) is 19.3 Å². The van der Waals surface area contributed by atoms with E-state index in [-0.39, 0.29) is 41.1 Å². The van der Waals surface area contributed by atoms with Crippen LogP contribution in [0.25, 0.3) is 0 Å². The standard InChI is InChI=1S/C39H55FN8O9S/c1-6-24(5)33(47-35(51)29(19-23(3)4)44-36(52)31-21-42-17-18-43-31)37(53)45-30(20-25-11-9-8-10-12-25)39(55)48(58(56,57)27-15-13-26(40)14-16-27)22-32(49)46-38(54)34(50)28(41)7-2/h13-18,21,23-25,28-30,33H,6-12,19-20,22,41H2,1-5H3,(H,44,52)(H,45,53)(H,47,51)(H,46,49,54)/t24-,28?,29-,30-,33-/m0/s1. The molecule has 1 unspecified atom stereocenters. The number of amides is 6. The Morgan fingerprint density at radius 1 is 0.879 bits per heavy atom. The second-order valence-electron chi connectivity index (χ2n) is 15.0. The Bertz CT molecular complexity index is 1880. The molecule has 6 amide bonds. The number of nitrogens with zero attached hydrogens (tertiary/aromatic N) is 3. The van der Waals surface area contributed by atoms with Crippen molar-refractivity contribution in [2.75, 3.05) is 6.54 Å². The number of halogens is 1. The summed E-state index contributed by atoms with van der Waals surface area (Å²) >= 11 is 0. The third-order valence-corrected chi connectivity index (χ3v) is 11.8. The maximum atomic E-state index is 14.6. The molecule has 58 heavy (non-hydrogen) atoms. The highest BCUT2D eigenvalue weighted by Gasteiger charge is 2.40. The van der Waals surface area contributed by atoms with E-state index in [9.17, 15) is 46.4 Å². The molecule has 3 rings (SSSR count). The van der Waals surface area contributed by atoms with Gasteiger partial charge >= 0.3 is 0 Å². The summed E-state index contributed by atoms with van der Waals surface area (Å²) in [5.41, 5.74) is 5.61. The molecular formula is C39H55FN8O9S. The Hall–Kier alpha value is -5.17. The van der Waals surface area contributed by atoms with E-state index >= 15 is 0 Å². The summed E-state index contributed by atoms with van der Waals surface area (Å²) in [7, 11) is -4.96. The molecular weight excluding hydrogens is 776 g/mol. The first-order valence-electron chi connectivity index (χ1n) is 19.5. The molecule has 1 fully saturated rings. The molecule has 1 saturated carbocycles. The molecule has 1 aromatic carbocycles. The van der Waals surface area contributed by atoms with Crippen LogP contribution in [0.1, 0.15) is 103 Å². The van der Waals surface area contributed by atoms with Crippen LogP contribution in [0.4, 0.5) is 4.39 Å². The summed E-state index contributed by atoms with van der Waals surface area (Å²) in [5, 5.41) is 9.81. The lowest BCUT2D eigenvalue weighted by Gasteiger charge is -2.32. The number of aromatic nitrogens is 2. The zero-order valence-corrected chi connectivity index (χ0v) is 34.3. The fourth-order valence-electron chi connectivity index (χ4n) is 6.45. The van der Waals surface area contributed by atoms with Gasteiger partial charge in [0.15, 0.2) is 0 Å². The average Bonchev–Trinajstić information content (AvgIpc) is 3.20. The van der Waals surface area contributed by atoms with Gasteiger partial charge in [0.1, 0.15) is 36.2 Å². The monoisotopic (exact) mass is 830 g/mol. The molecule has 0 bridgehead atoms. The molecule has 0 radical (unpaired) electrons. The van der Waals surface area contributed by atoms with Crippen molar-refractivity contribution in [1.82, 2.24) is 35.5 Å². The van der Waals surface area contributed by atoms with Crippen LogP contribution in [-0.4, -0.2) is 94.6 Å². The molecule has 17 nitrogen and oxygen atoms in total. The Kier molecular flexibility index (Phi) is 18.0. The first-order valence-corrected chi connectivity index (χ1v) is 21.0. The fraction of sp³-hybridized carbons (Fsp3) is 0.564. The number of Topliss-reactive ketones (excluding diaryl/α,β-unsaturated/α-hetero) is 1. The van der Waals surface area contributed by atoms with E-state index in [1.54, 1.807) is 19.2 Å².